The molecule has 5 heteroatoms. The molecule has 1 N–H and O–H groups in total. The third-order valence-corrected chi connectivity index (χ3v) is 3.43. The van der Waals surface area contributed by atoms with Crippen molar-refractivity contribution in [2.24, 2.45) is 0 Å². The SMILES string of the molecule is COCC(C)Nc1nccn1-c1ccc(C)cc1Br. The Bertz CT molecular complexity index is 553. The molecule has 4 nitrogen and oxygen atoms in total. The number of hydrogen-bond donors (Lipinski definition) is 1. The quantitative estimate of drug-likeness (QED) is 0.916. The van der Waals surface area contributed by atoms with Crippen molar-refractivity contribution in [1.29, 1.82) is 0 Å². The highest BCUT2D eigenvalue weighted by atomic mass is 79.9. The van der Waals surface area contributed by atoms with Crippen LogP contribution in [-0.2, 0) is 4.74 Å². The van der Waals surface area contributed by atoms with Gasteiger partial charge in [-0.3, -0.25) is 4.57 Å². The molecule has 0 radical (unpaired) electrons. The molecule has 1 atom stereocenters. The number of imidazole rings is 1. The Balaban J connectivity index is 2.28. The predicted molar refractivity (Wildman–Crippen MR) is 81.0 cm³/mol. The Morgan fingerprint density at radius 3 is 2.95 bits per heavy atom. The van der Waals surface area contributed by atoms with Crippen molar-refractivity contribution in [2.75, 3.05) is 19.0 Å². The van der Waals surface area contributed by atoms with Crippen LogP contribution in [0.15, 0.2) is 35.1 Å². The summed E-state index contributed by atoms with van der Waals surface area (Å²) in [5.74, 6) is 0.814. The second-order valence-corrected chi connectivity index (χ2v) is 5.43. The molecule has 0 bridgehead atoms. The number of ether oxygens (including phenoxy) is 1. The highest BCUT2D eigenvalue weighted by Gasteiger charge is 2.10. The lowest BCUT2D eigenvalue weighted by Crippen LogP contribution is -2.22. The first-order chi connectivity index (χ1) is 9.11. The summed E-state index contributed by atoms with van der Waals surface area (Å²) in [5, 5.41) is 3.34. The second-order valence-electron chi connectivity index (χ2n) is 4.58. The molecule has 0 saturated carbocycles. The number of rotatable bonds is 5. The zero-order chi connectivity index (χ0) is 13.8. The molecule has 1 unspecified atom stereocenters. The molecule has 1 aromatic heterocycles. The summed E-state index contributed by atoms with van der Waals surface area (Å²) in [6, 6.07) is 6.46. The summed E-state index contributed by atoms with van der Waals surface area (Å²) in [5.41, 5.74) is 2.29. The Morgan fingerprint density at radius 2 is 2.26 bits per heavy atom. The van der Waals surface area contributed by atoms with Gasteiger partial charge in [-0.1, -0.05) is 6.07 Å². The molecular formula is C14H18BrN3O. The van der Waals surface area contributed by atoms with Gasteiger partial charge in [-0.25, -0.2) is 4.98 Å². The molecule has 2 aromatic rings. The number of halogens is 1. The number of nitrogens with one attached hydrogen (secondary N) is 1. The van der Waals surface area contributed by atoms with Gasteiger partial charge in [0.25, 0.3) is 0 Å². The second kappa shape index (κ2) is 6.21. The molecule has 2 rings (SSSR count). The van der Waals surface area contributed by atoms with E-state index in [-0.39, 0.29) is 6.04 Å². The summed E-state index contributed by atoms with van der Waals surface area (Å²) in [6.07, 6.45) is 3.73. The molecule has 19 heavy (non-hydrogen) atoms. The van der Waals surface area contributed by atoms with Crippen LogP contribution < -0.4 is 5.32 Å². The number of hydrogen-bond acceptors (Lipinski definition) is 3. The number of aryl methyl sites for hydroxylation is 1. The molecule has 0 saturated heterocycles. The summed E-state index contributed by atoms with van der Waals surface area (Å²) < 4.78 is 8.20. The van der Waals surface area contributed by atoms with Gasteiger partial charge in [-0.05, 0) is 47.5 Å². The van der Waals surface area contributed by atoms with Crippen molar-refractivity contribution in [3.8, 4) is 5.69 Å². The van der Waals surface area contributed by atoms with Crippen molar-refractivity contribution in [2.45, 2.75) is 19.9 Å². The van der Waals surface area contributed by atoms with E-state index in [1.165, 1.54) is 5.56 Å². The zero-order valence-electron chi connectivity index (χ0n) is 11.4. The van der Waals surface area contributed by atoms with Crippen LogP contribution in [0.5, 0.6) is 0 Å². The van der Waals surface area contributed by atoms with Crippen LogP contribution in [0.3, 0.4) is 0 Å². The first-order valence-corrected chi connectivity index (χ1v) is 6.96. The number of aromatic nitrogens is 2. The van der Waals surface area contributed by atoms with Crippen molar-refractivity contribution in [3.63, 3.8) is 0 Å². The molecule has 0 aliphatic carbocycles. The van der Waals surface area contributed by atoms with Gasteiger partial charge in [-0.15, -0.1) is 0 Å². The van der Waals surface area contributed by atoms with Crippen molar-refractivity contribution in [1.82, 2.24) is 9.55 Å². The predicted octanol–water partition coefficient (Wildman–Crippen LogP) is 3.39. The van der Waals surface area contributed by atoms with Crippen LogP contribution in [0.25, 0.3) is 5.69 Å². The lowest BCUT2D eigenvalue weighted by molar-refractivity contribution is 0.190. The van der Waals surface area contributed by atoms with Crippen LogP contribution in [-0.4, -0.2) is 29.3 Å². The Morgan fingerprint density at radius 1 is 1.47 bits per heavy atom. The standard InChI is InChI=1S/C14H18BrN3O/c1-10-4-5-13(12(15)8-10)18-7-6-16-14(18)17-11(2)9-19-3/h4-8,11H,9H2,1-3H3,(H,16,17). The van der Waals surface area contributed by atoms with Gasteiger partial charge in [0.1, 0.15) is 0 Å². The first-order valence-electron chi connectivity index (χ1n) is 6.17. The van der Waals surface area contributed by atoms with Crippen molar-refractivity contribution >= 4 is 21.9 Å². The van der Waals surface area contributed by atoms with E-state index in [2.05, 4.69) is 58.3 Å². The van der Waals surface area contributed by atoms with Crippen LogP contribution in [0.4, 0.5) is 5.95 Å². The topological polar surface area (TPSA) is 39.1 Å². The van der Waals surface area contributed by atoms with E-state index in [9.17, 15) is 0 Å². The van der Waals surface area contributed by atoms with Gasteiger partial charge in [0.05, 0.1) is 12.3 Å². The van der Waals surface area contributed by atoms with Crippen LogP contribution in [0.1, 0.15) is 12.5 Å². The molecule has 0 aliphatic rings. The van der Waals surface area contributed by atoms with E-state index in [1.807, 2.05) is 10.8 Å². The third-order valence-electron chi connectivity index (χ3n) is 2.80. The monoisotopic (exact) mass is 323 g/mol. The minimum atomic E-state index is 0.204. The largest absolute Gasteiger partial charge is 0.383 e. The number of benzene rings is 1. The van der Waals surface area contributed by atoms with E-state index < -0.39 is 0 Å². The summed E-state index contributed by atoms with van der Waals surface area (Å²) in [4.78, 5) is 4.35. The molecule has 0 amide bonds. The number of anilines is 1. The van der Waals surface area contributed by atoms with E-state index in [0.29, 0.717) is 6.61 Å². The van der Waals surface area contributed by atoms with Crippen molar-refractivity contribution in [3.05, 3.63) is 40.6 Å². The molecule has 1 aromatic carbocycles. The fourth-order valence-corrected chi connectivity index (χ4v) is 2.61. The van der Waals surface area contributed by atoms with Crippen LogP contribution in [0, 0.1) is 6.92 Å². The van der Waals surface area contributed by atoms with E-state index >= 15 is 0 Å². The number of methoxy groups -OCH3 is 1. The Labute approximate surface area is 121 Å². The van der Waals surface area contributed by atoms with Gasteiger partial charge in [-0.2, -0.15) is 0 Å². The zero-order valence-corrected chi connectivity index (χ0v) is 12.9. The van der Waals surface area contributed by atoms with Gasteiger partial charge in [0, 0.05) is 30.0 Å². The fourth-order valence-electron chi connectivity index (χ4n) is 1.92. The molecular weight excluding hydrogens is 306 g/mol. The summed E-state index contributed by atoms with van der Waals surface area (Å²) >= 11 is 3.60. The molecule has 0 fully saturated rings. The molecule has 0 spiro atoms. The molecule has 0 aliphatic heterocycles. The average Bonchev–Trinajstić information content (AvgIpc) is 2.77. The number of nitrogens with zero attached hydrogens (tertiary/aromatic N) is 2. The summed E-state index contributed by atoms with van der Waals surface area (Å²) in [7, 11) is 1.70. The smallest absolute Gasteiger partial charge is 0.207 e. The van der Waals surface area contributed by atoms with Crippen LogP contribution >= 0.6 is 15.9 Å². The van der Waals surface area contributed by atoms with Gasteiger partial charge in [0.2, 0.25) is 5.95 Å². The highest BCUT2D eigenvalue weighted by molar-refractivity contribution is 9.10. The fraction of sp³-hybridized carbons (Fsp3) is 0.357. The maximum atomic E-state index is 5.13. The molecule has 1 heterocycles. The van der Waals surface area contributed by atoms with Gasteiger partial charge in [0.15, 0.2) is 0 Å². The highest BCUT2D eigenvalue weighted by Crippen LogP contribution is 2.25. The maximum absolute atomic E-state index is 5.13. The average molecular weight is 324 g/mol. The van der Waals surface area contributed by atoms with E-state index in [4.69, 9.17) is 4.74 Å². The van der Waals surface area contributed by atoms with Crippen molar-refractivity contribution < 1.29 is 4.74 Å². The summed E-state index contributed by atoms with van der Waals surface area (Å²) in [6.45, 7) is 4.77. The maximum Gasteiger partial charge on any atom is 0.207 e. The van der Waals surface area contributed by atoms with E-state index in [1.54, 1.807) is 13.3 Å². The third kappa shape index (κ3) is 3.36. The molecule has 102 valence electrons. The van der Waals surface area contributed by atoms with E-state index in [0.717, 1.165) is 16.1 Å². The Kier molecular flexibility index (Phi) is 4.61. The van der Waals surface area contributed by atoms with Crippen LogP contribution in [0.2, 0.25) is 0 Å². The lowest BCUT2D eigenvalue weighted by Gasteiger charge is -2.16. The van der Waals surface area contributed by atoms with Gasteiger partial charge < -0.3 is 10.1 Å². The lowest BCUT2D eigenvalue weighted by atomic mass is 10.2. The first kappa shape index (κ1) is 14.1. The minimum Gasteiger partial charge on any atom is -0.383 e. The normalized spacial score (nSPS) is 12.4. The minimum absolute atomic E-state index is 0.204. The Hall–Kier alpha value is -1.33. The van der Waals surface area contributed by atoms with Gasteiger partial charge >= 0.3 is 0 Å².